The molecule has 38 heavy (non-hydrogen) atoms. The van der Waals surface area contributed by atoms with E-state index in [1.54, 1.807) is 12.4 Å². The molecule has 1 atom stereocenters. The first-order chi connectivity index (χ1) is 18.4. The Hall–Kier alpha value is -3.59. The fourth-order valence-corrected chi connectivity index (χ4v) is 5.39. The van der Waals surface area contributed by atoms with E-state index in [-0.39, 0.29) is 18.0 Å². The van der Waals surface area contributed by atoms with Gasteiger partial charge in [-0.05, 0) is 70.4 Å². The number of nitrogens with one attached hydrogen (secondary N) is 1. The predicted octanol–water partition coefficient (Wildman–Crippen LogP) is 3.01. The lowest BCUT2D eigenvalue weighted by atomic mass is 10.0. The van der Waals surface area contributed by atoms with E-state index in [2.05, 4.69) is 92.3 Å². The Morgan fingerprint density at radius 1 is 0.974 bits per heavy atom. The van der Waals surface area contributed by atoms with Gasteiger partial charge in [0.15, 0.2) is 5.82 Å². The molecule has 2 saturated heterocycles. The monoisotopic (exact) mass is 514 g/mol. The minimum Gasteiger partial charge on any atom is -0.351 e. The van der Waals surface area contributed by atoms with E-state index in [1.165, 1.54) is 16.7 Å². The van der Waals surface area contributed by atoms with Crippen molar-refractivity contribution in [2.45, 2.75) is 52.1 Å². The van der Waals surface area contributed by atoms with Crippen LogP contribution in [0, 0.1) is 13.8 Å². The molecule has 1 amide bonds. The number of carbonyl (C=O) groups excluding carboxylic acids is 1. The first-order valence-electron chi connectivity index (χ1n) is 13.6. The summed E-state index contributed by atoms with van der Waals surface area (Å²) in [5.74, 6) is 1.61. The summed E-state index contributed by atoms with van der Waals surface area (Å²) in [6.45, 7) is 10.9. The number of nitrogens with zero attached hydrogens (tertiary/aromatic N) is 7. The zero-order valence-corrected chi connectivity index (χ0v) is 22.9. The lowest BCUT2D eigenvalue weighted by Gasteiger charge is -2.41. The Balaban J connectivity index is 1.20. The van der Waals surface area contributed by atoms with Crippen molar-refractivity contribution in [1.82, 2.24) is 30.4 Å². The Kier molecular flexibility index (Phi) is 7.83. The Labute approximate surface area is 225 Å². The number of piperazine rings is 1. The van der Waals surface area contributed by atoms with Crippen LogP contribution in [0.1, 0.15) is 52.6 Å². The number of benzene rings is 1. The molecule has 200 valence electrons. The van der Waals surface area contributed by atoms with Crippen molar-refractivity contribution in [3.8, 4) is 0 Å². The quantitative estimate of drug-likeness (QED) is 0.537. The zero-order valence-electron chi connectivity index (χ0n) is 22.9. The van der Waals surface area contributed by atoms with Crippen molar-refractivity contribution in [3.63, 3.8) is 0 Å². The second-order valence-corrected chi connectivity index (χ2v) is 10.7. The SMILES string of the molecule is Cc1c(Cc2ccccc2)nnc(N2CCN(c3cnc(C(=O)NC4CCN(C)CC4)cn3)C(C)C2)c1C. The molecule has 9 heteroatoms. The van der Waals surface area contributed by atoms with Crippen molar-refractivity contribution < 1.29 is 4.79 Å². The van der Waals surface area contributed by atoms with Gasteiger partial charge in [0.1, 0.15) is 11.5 Å². The number of hydrogen-bond donors (Lipinski definition) is 1. The third kappa shape index (κ3) is 5.78. The highest BCUT2D eigenvalue weighted by molar-refractivity contribution is 5.92. The molecule has 1 unspecified atom stereocenters. The largest absolute Gasteiger partial charge is 0.351 e. The van der Waals surface area contributed by atoms with Gasteiger partial charge in [0, 0.05) is 38.1 Å². The Bertz CT molecular complexity index is 1240. The Morgan fingerprint density at radius 3 is 2.42 bits per heavy atom. The molecule has 1 aromatic carbocycles. The average molecular weight is 515 g/mol. The number of amides is 1. The first-order valence-corrected chi connectivity index (χ1v) is 13.6. The molecule has 0 spiro atoms. The fourth-order valence-electron chi connectivity index (χ4n) is 5.39. The van der Waals surface area contributed by atoms with Gasteiger partial charge in [-0.15, -0.1) is 5.10 Å². The van der Waals surface area contributed by atoms with Crippen molar-refractivity contribution >= 4 is 17.5 Å². The highest BCUT2D eigenvalue weighted by Crippen LogP contribution is 2.26. The zero-order chi connectivity index (χ0) is 26.6. The summed E-state index contributed by atoms with van der Waals surface area (Å²) >= 11 is 0. The van der Waals surface area contributed by atoms with Gasteiger partial charge in [0.05, 0.1) is 18.1 Å². The maximum absolute atomic E-state index is 12.7. The fraction of sp³-hybridized carbons (Fsp3) is 0.483. The number of anilines is 2. The van der Waals surface area contributed by atoms with Crippen LogP contribution in [0.5, 0.6) is 0 Å². The van der Waals surface area contributed by atoms with Gasteiger partial charge in [-0.25, -0.2) is 9.97 Å². The van der Waals surface area contributed by atoms with Crippen LogP contribution in [0.4, 0.5) is 11.6 Å². The molecule has 0 saturated carbocycles. The average Bonchev–Trinajstić information content (AvgIpc) is 2.93. The van der Waals surface area contributed by atoms with E-state index >= 15 is 0 Å². The van der Waals surface area contributed by atoms with Crippen molar-refractivity contribution in [2.75, 3.05) is 49.6 Å². The van der Waals surface area contributed by atoms with E-state index in [0.717, 1.165) is 69.3 Å². The van der Waals surface area contributed by atoms with Crippen LogP contribution in [-0.4, -0.2) is 82.8 Å². The number of hydrogen-bond acceptors (Lipinski definition) is 8. The number of carbonyl (C=O) groups is 1. The molecular weight excluding hydrogens is 476 g/mol. The summed E-state index contributed by atoms with van der Waals surface area (Å²) in [4.78, 5) is 28.6. The van der Waals surface area contributed by atoms with Crippen LogP contribution in [0.15, 0.2) is 42.7 Å². The summed E-state index contributed by atoms with van der Waals surface area (Å²) in [5, 5.41) is 12.4. The van der Waals surface area contributed by atoms with Crippen LogP contribution in [0.3, 0.4) is 0 Å². The lowest BCUT2D eigenvalue weighted by molar-refractivity contribution is 0.0911. The van der Waals surface area contributed by atoms with Crippen LogP contribution < -0.4 is 15.1 Å². The van der Waals surface area contributed by atoms with Gasteiger partial charge in [-0.3, -0.25) is 4.79 Å². The third-order valence-electron chi connectivity index (χ3n) is 7.96. The maximum atomic E-state index is 12.7. The molecule has 0 aliphatic carbocycles. The minimum atomic E-state index is -0.142. The highest BCUT2D eigenvalue weighted by atomic mass is 16.2. The summed E-state index contributed by atoms with van der Waals surface area (Å²) in [6, 6.07) is 10.8. The van der Waals surface area contributed by atoms with Crippen LogP contribution in [-0.2, 0) is 6.42 Å². The molecule has 0 radical (unpaired) electrons. The van der Waals surface area contributed by atoms with E-state index < -0.39 is 0 Å². The molecule has 2 fully saturated rings. The summed E-state index contributed by atoms with van der Waals surface area (Å²) in [6.07, 6.45) is 6.05. The Morgan fingerprint density at radius 2 is 1.74 bits per heavy atom. The summed E-state index contributed by atoms with van der Waals surface area (Å²) < 4.78 is 0. The molecule has 2 aromatic heterocycles. The normalized spacial score (nSPS) is 19.0. The van der Waals surface area contributed by atoms with E-state index in [1.807, 2.05) is 6.07 Å². The molecule has 2 aliphatic heterocycles. The van der Waals surface area contributed by atoms with Gasteiger partial charge >= 0.3 is 0 Å². The van der Waals surface area contributed by atoms with Gasteiger partial charge in [-0.2, -0.15) is 5.10 Å². The summed E-state index contributed by atoms with van der Waals surface area (Å²) in [7, 11) is 2.11. The standard InChI is InChI=1S/C29H38N8O/c1-20-19-36(28-22(3)21(2)25(33-34-28)16-23-8-6-5-7-9-23)14-15-37(20)27-18-30-26(17-31-27)29(38)32-24-10-12-35(4)13-11-24/h5-9,17-18,20,24H,10-16,19H2,1-4H3,(H,32,38). The van der Waals surface area contributed by atoms with Crippen molar-refractivity contribution in [3.05, 3.63) is 70.8 Å². The van der Waals surface area contributed by atoms with Crippen molar-refractivity contribution in [1.29, 1.82) is 0 Å². The molecule has 9 nitrogen and oxygen atoms in total. The van der Waals surface area contributed by atoms with E-state index in [0.29, 0.717) is 5.69 Å². The summed E-state index contributed by atoms with van der Waals surface area (Å²) in [5.41, 5.74) is 5.03. The van der Waals surface area contributed by atoms with Crippen LogP contribution in [0.25, 0.3) is 0 Å². The van der Waals surface area contributed by atoms with E-state index in [4.69, 9.17) is 0 Å². The van der Waals surface area contributed by atoms with Crippen molar-refractivity contribution in [2.24, 2.45) is 0 Å². The second kappa shape index (κ2) is 11.4. The van der Waals surface area contributed by atoms with Gasteiger partial charge < -0.3 is 20.0 Å². The molecule has 2 aliphatic rings. The number of aromatic nitrogens is 4. The second-order valence-electron chi connectivity index (χ2n) is 10.7. The number of likely N-dealkylation sites (tertiary alicyclic amines) is 1. The smallest absolute Gasteiger partial charge is 0.271 e. The van der Waals surface area contributed by atoms with Crippen LogP contribution >= 0.6 is 0 Å². The maximum Gasteiger partial charge on any atom is 0.271 e. The molecular formula is C29H38N8O. The molecule has 4 heterocycles. The topological polar surface area (TPSA) is 90.4 Å². The molecule has 3 aromatic rings. The molecule has 5 rings (SSSR count). The van der Waals surface area contributed by atoms with Gasteiger partial charge in [-0.1, -0.05) is 30.3 Å². The van der Waals surface area contributed by atoms with E-state index in [9.17, 15) is 4.79 Å². The number of piperidine rings is 1. The lowest BCUT2D eigenvalue weighted by Crippen LogP contribution is -2.53. The van der Waals surface area contributed by atoms with Crippen LogP contribution in [0.2, 0.25) is 0 Å². The first kappa shape index (κ1) is 26.0. The molecule has 0 bridgehead atoms. The highest BCUT2D eigenvalue weighted by Gasteiger charge is 2.28. The predicted molar refractivity (Wildman–Crippen MR) is 150 cm³/mol. The van der Waals surface area contributed by atoms with Gasteiger partial charge in [0.25, 0.3) is 5.91 Å². The third-order valence-corrected chi connectivity index (χ3v) is 7.96. The van der Waals surface area contributed by atoms with Gasteiger partial charge in [0.2, 0.25) is 0 Å². The minimum absolute atomic E-state index is 0.142. The molecule has 1 N–H and O–H groups in total. The number of rotatable bonds is 6.